The Bertz CT molecular complexity index is 404. The monoisotopic (exact) mass is 251 g/mol. The highest BCUT2D eigenvalue weighted by molar-refractivity contribution is 7.09. The van der Waals surface area contributed by atoms with Crippen LogP contribution in [0.3, 0.4) is 0 Å². The van der Waals surface area contributed by atoms with Gasteiger partial charge in [-0.25, -0.2) is 4.98 Å². The van der Waals surface area contributed by atoms with Crippen molar-refractivity contribution in [1.82, 2.24) is 10.3 Å². The maximum absolute atomic E-state index is 12.1. The molecule has 17 heavy (non-hydrogen) atoms. The fraction of sp³-hybridized carbons (Fsp3) is 0.583. The SMILES string of the molecule is CCC(C#N)(CC)C(=O)NC(C)c1nccs1. The highest BCUT2D eigenvalue weighted by Crippen LogP contribution is 2.27. The maximum atomic E-state index is 12.1. The van der Waals surface area contributed by atoms with Gasteiger partial charge in [-0.1, -0.05) is 13.8 Å². The van der Waals surface area contributed by atoms with Gasteiger partial charge in [0.2, 0.25) is 5.91 Å². The normalized spacial score (nSPS) is 12.8. The third-order valence-electron chi connectivity index (χ3n) is 3.03. The van der Waals surface area contributed by atoms with Gasteiger partial charge < -0.3 is 5.32 Å². The Kier molecular flexibility index (Phi) is 4.64. The van der Waals surface area contributed by atoms with Crippen molar-refractivity contribution in [1.29, 1.82) is 5.26 Å². The molecule has 0 aliphatic carbocycles. The van der Waals surface area contributed by atoms with E-state index in [2.05, 4.69) is 16.4 Å². The number of hydrogen-bond donors (Lipinski definition) is 1. The first-order valence-corrected chi connectivity index (χ1v) is 6.59. The molecule has 0 radical (unpaired) electrons. The van der Waals surface area contributed by atoms with E-state index in [0.29, 0.717) is 12.8 Å². The van der Waals surface area contributed by atoms with E-state index in [-0.39, 0.29) is 11.9 Å². The molecule has 5 heteroatoms. The number of carbonyl (C=O) groups is 1. The van der Waals surface area contributed by atoms with Crippen LogP contribution in [0.4, 0.5) is 0 Å². The Morgan fingerprint density at radius 2 is 2.29 bits per heavy atom. The van der Waals surface area contributed by atoms with Crippen LogP contribution in [0.2, 0.25) is 0 Å². The molecule has 1 aromatic rings. The van der Waals surface area contributed by atoms with E-state index in [1.807, 2.05) is 26.2 Å². The lowest BCUT2D eigenvalue weighted by Gasteiger charge is -2.24. The van der Waals surface area contributed by atoms with Gasteiger partial charge in [-0.2, -0.15) is 5.26 Å². The number of carbonyl (C=O) groups excluding carboxylic acids is 1. The fourth-order valence-electron chi connectivity index (χ4n) is 1.62. The fourth-order valence-corrected chi connectivity index (χ4v) is 2.27. The Morgan fingerprint density at radius 1 is 1.65 bits per heavy atom. The van der Waals surface area contributed by atoms with Gasteiger partial charge in [-0.05, 0) is 19.8 Å². The molecule has 0 saturated heterocycles. The van der Waals surface area contributed by atoms with Gasteiger partial charge in [-0.3, -0.25) is 4.79 Å². The Labute approximate surface area is 106 Å². The lowest BCUT2D eigenvalue weighted by atomic mass is 9.83. The van der Waals surface area contributed by atoms with Crippen LogP contribution in [-0.4, -0.2) is 10.9 Å². The van der Waals surface area contributed by atoms with Crippen molar-refractivity contribution in [3.63, 3.8) is 0 Å². The van der Waals surface area contributed by atoms with Gasteiger partial charge >= 0.3 is 0 Å². The first-order valence-electron chi connectivity index (χ1n) is 5.71. The molecule has 1 atom stereocenters. The van der Waals surface area contributed by atoms with Crippen molar-refractivity contribution in [2.24, 2.45) is 5.41 Å². The summed E-state index contributed by atoms with van der Waals surface area (Å²) >= 11 is 1.50. The summed E-state index contributed by atoms with van der Waals surface area (Å²) in [4.78, 5) is 16.3. The molecule has 1 heterocycles. The highest BCUT2D eigenvalue weighted by Gasteiger charge is 2.35. The molecule has 1 N–H and O–H groups in total. The van der Waals surface area contributed by atoms with E-state index in [4.69, 9.17) is 5.26 Å². The van der Waals surface area contributed by atoms with Crippen LogP contribution < -0.4 is 5.32 Å². The minimum atomic E-state index is -0.911. The summed E-state index contributed by atoms with van der Waals surface area (Å²) < 4.78 is 0. The van der Waals surface area contributed by atoms with E-state index in [1.54, 1.807) is 6.20 Å². The second-order valence-electron chi connectivity index (χ2n) is 3.97. The molecule has 0 spiro atoms. The smallest absolute Gasteiger partial charge is 0.241 e. The minimum Gasteiger partial charge on any atom is -0.346 e. The number of thiazole rings is 1. The number of rotatable bonds is 5. The summed E-state index contributed by atoms with van der Waals surface area (Å²) in [6.45, 7) is 5.60. The number of aromatic nitrogens is 1. The predicted molar refractivity (Wildman–Crippen MR) is 67.3 cm³/mol. The summed E-state index contributed by atoms with van der Waals surface area (Å²) in [6, 6.07) is 1.99. The van der Waals surface area contributed by atoms with Gasteiger partial charge in [0.05, 0.1) is 12.1 Å². The van der Waals surface area contributed by atoms with Crippen LogP contribution in [0.5, 0.6) is 0 Å². The third-order valence-corrected chi connectivity index (χ3v) is 3.98. The second-order valence-corrected chi connectivity index (χ2v) is 4.89. The summed E-state index contributed by atoms with van der Waals surface area (Å²) in [6.07, 6.45) is 2.76. The molecule has 0 bridgehead atoms. The van der Waals surface area contributed by atoms with Crippen molar-refractivity contribution >= 4 is 17.2 Å². The van der Waals surface area contributed by atoms with Crippen molar-refractivity contribution in [2.75, 3.05) is 0 Å². The molecule has 1 aromatic heterocycles. The molecule has 0 fully saturated rings. The molecule has 4 nitrogen and oxygen atoms in total. The topological polar surface area (TPSA) is 65.8 Å². The molecule has 1 amide bonds. The molecule has 0 saturated carbocycles. The second kappa shape index (κ2) is 5.78. The number of nitrogens with one attached hydrogen (secondary N) is 1. The molecule has 0 aliphatic heterocycles. The molecular weight excluding hydrogens is 234 g/mol. The number of nitrogens with zero attached hydrogens (tertiary/aromatic N) is 2. The average Bonchev–Trinajstić information content (AvgIpc) is 2.85. The van der Waals surface area contributed by atoms with Crippen LogP contribution in [0.1, 0.15) is 44.7 Å². The van der Waals surface area contributed by atoms with E-state index >= 15 is 0 Å². The summed E-state index contributed by atoms with van der Waals surface area (Å²) in [5.74, 6) is -0.201. The van der Waals surface area contributed by atoms with Crippen molar-refractivity contribution in [2.45, 2.75) is 39.7 Å². The van der Waals surface area contributed by atoms with Crippen LogP contribution in [-0.2, 0) is 4.79 Å². The van der Waals surface area contributed by atoms with Crippen molar-refractivity contribution < 1.29 is 4.79 Å². The standard InChI is InChI=1S/C12H17N3OS/c1-4-12(5-2,8-13)11(16)15-9(3)10-14-6-7-17-10/h6-7,9H,4-5H2,1-3H3,(H,15,16). The molecule has 1 unspecified atom stereocenters. The Hall–Kier alpha value is -1.41. The average molecular weight is 251 g/mol. The van der Waals surface area contributed by atoms with E-state index in [0.717, 1.165) is 5.01 Å². The van der Waals surface area contributed by atoms with Gasteiger partial charge in [0, 0.05) is 11.6 Å². The van der Waals surface area contributed by atoms with E-state index < -0.39 is 5.41 Å². The highest BCUT2D eigenvalue weighted by atomic mass is 32.1. The van der Waals surface area contributed by atoms with Crippen LogP contribution in [0.25, 0.3) is 0 Å². The van der Waals surface area contributed by atoms with Gasteiger partial charge in [-0.15, -0.1) is 11.3 Å². The molecule has 92 valence electrons. The zero-order valence-electron chi connectivity index (χ0n) is 10.4. The van der Waals surface area contributed by atoms with Gasteiger partial charge in [0.1, 0.15) is 10.4 Å². The van der Waals surface area contributed by atoms with Crippen molar-refractivity contribution in [3.05, 3.63) is 16.6 Å². The minimum absolute atomic E-state index is 0.145. The van der Waals surface area contributed by atoms with Gasteiger partial charge in [0.25, 0.3) is 0 Å². The first-order chi connectivity index (χ1) is 8.09. The summed E-state index contributed by atoms with van der Waals surface area (Å²) in [5.41, 5.74) is -0.911. The predicted octanol–water partition coefficient (Wildman–Crippen LogP) is 2.65. The Morgan fingerprint density at radius 3 is 2.71 bits per heavy atom. The lowest BCUT2D eigenvalue weighted by Crippen LogP contribution is -2.40. The first kappa shape index (κ1) is 13.7. The third kappa shape index (κ3) is 2.83. The largest absolute Gasteiger partial charge is 0.346 e. The Balaban J connectivity index is 2.75. The van der Waals surface area contributed by atoms with Crippen LogP contribution in [0.15, 0.2) is 11.6 Å². The zero-order valence-corrected chi connectivity index (χ0v) is 11.2. The maximum Gasteiger partial charge on any atom is 0.241 e. The molecule has 0 aliphatic rings. The van der Waals surface area contributed by atoms with Gasteiger partial charge in [0.15, 0.2) is 0 Å². The van der Waals surface area contributed by atoms with E-state index in [1.165, 1.54) is 11.3 Å². The molecule has 1 rings (SSSR count). The quantitative estimate of drug-likeness (QED) is 0.874. The zero-order chi connectivity index (χ0) is 12.9. The summed E-state index contributed by atoms with van der Waals surface area (Å²) in [7, 11) is 0. The van der Waals surface area contributed by atoms with E-state index in [9.17, 15) is 4.79 Å². The number of nitriles is 1. The molecule has 0 aromatic carbocycles. The molecular formula is C12H17N3OS. The van der Waals surface area contributed by atoms with Crippen LogP contribution in [0, 0.1) is 16.7 Å². The summed E-state index contributed by atoms with van der Waals surface area (Å²) in [5, 5.41) is 14.8. The lowest BCUT2D eigenvalue weighted by molar-refractivity contribution is -0.129. The number of hydrogen-bond acceptors (Lipinski definition) is 4. The number of amides is 1. The van der Waals surface area contributed by atoms with Crippen LogP contribution >= 0.6 is 11.3 Å². The van der Waals surface area contributed by atoms with Crippen molar-refractivity contribution in [3.8, 4) is 6.07 Å².